The normalized spacial score (nSPS) is 11.7. The summed E-state index contributed by atoms with van der Waals surface area (Å²) in [7, 11) is 0. The van der Waals surface area contributed by atoms with Crippen molar-refractivity contribution >= 4 is 11.9 Å². The van der Waals surface area contributed by atoms with Crippen LogP contribution in [-0.4, -0.2) is 11.9 Å². The Bertz CT molecular complexity index is 747. The van der Waals surface area contributed by atoms with Crippen LogP contribution in [0.25, 0.3) is 11.1 Å². The van der Waals surface area contributed by atoms with E-state index in [1.54, 1.807) is 24.3 Å². The zero-order chi connectivity index (χ0) is 20.4. The quantitative estimate of drug-likeness (QED) is 0.280. The van der Waals surface area contributed by atoms with E-state index in [1.165, 1.54) is 0 Å². The van der Waals surface area contributed by atoms with Crippen LogP contribution in [0.5, 0.6) is 11.5 Å². The first-order valence-electron chi connectivity index (χ1n) is 10.2. The van der Waals surface area contributed by atoms with E-state index in [2.05, 4.69) is 6.92 Å². The summed E-state index contributed by atoms with van der Waals surface area (Å²) < 4.78 is 10.8. The van der Waals surface area contributed by atoms with Crippen molar-refractivity contribution in [2.24, 2.45) is 5.92 Å². The monoisotopic (exact) mass is 382 g/mol. The highest BCUT2D eigenvalue weighted by atomic mass is 16.5. The largest absolute Gasteiger partial charge is 0.427 e. The average molecular weight is 383 g/mol. The number of benzene rings is 2. The molecule has 0 aliphatic heterocycles. The lowest BCUT2D eigenvalue weighted by Crippen LogP contribution is -2.16. The van der Waals surface area contributed by atoms with Gasteiger partial charge in [-0.15, -0.1) is 0 Å². The highest BCUT2D eigenvalue weighted by molar-refractivity contribution is 5.75. The van der Waals surface area contributed by atoms with Crippen LogP contribution in [0.1, 0.15) is 59.3 Å². The highest BCUT2D eigenvalue weighted by Crippen LogP contribution is 2.25. The van der Waals surface area contributed by atoms with Crippen molar-refractivity contribution in [3.63, 3.8) is 0 Å². The van der Waals surface area contributed by atoms with Crippen LogP contribution in [0.15, 0.2) is 48.5 Å². The van der Waals surface area contributed by atoms with Crippen LogP contribution in [0, 0.1) is 5.92 Å². The zero-order valence-corrected chi connectivity index (χ0v) is 17.1. The van der Waals surface area contributed by atoms with E-state index < -0.39 is 0 Å². The predicted octanol–water partition coefficient (Wildman–Crippen LogP) is 6.18. The fraction of sp³-hybridized carbons (Fsp3) is 0.417. The Morgan fingerprint density at radius 3 is 1.82 bits per heavy atom. The first-order valence-corrected chi connectivity index (χ1v) is 10.2. The van der Waals surface area contributed by atoms with Gasteiger partial charge in [0.25, 0.3) is 0 Å². The van der Waals surface area contributed by atoms with Crippen molar-refractivity contribution in [2.75, 3.05) is 0 Å². The Labute approximate surface area is 167 Å². The van der Waals surface area contributed by atoms with Gasteiger partial charge >= 0.3 is 11.9 Å². The molecule has 0 saturated heterocycles. The Kier molecular flexibility index (Phi) is 8.73. The van der Waals surface area contributed by atoms with Crippen LogP contribution in [-0.2, 0) is 9.59 Å². The van der Waals surface area contributed by atoms with Gasteiger partial charge in [-0.2, -0.15) is 0 Å². The molecular weight excluding hydrogens is 352 g/mol. The van der Waals surface area contributed by atoms with E-state index in [0.717, 1.165) is 43.2 Å². The third kappa shape index (κ3) is 6.84. The van der Waals surface area contributed by atoms with Crippen molar-refractivity contribution in [2.45, 2.75) is 59.3 Å². The fourth-order valence-electron chi connectivity index (χ4n) is 2.69. The number of hydrogen-bond acceptors (Lipinski definition) is 4. The maximum absolute atomic E-state index is 11.9. The number of ether oxygens (including phenoxy) is 2. The molecule has 0 N–H and O–H groups in total. The Morgan fingerprint density at radius 2 is 1.32 bits per heavy atom. The lowest BCUT2D eigenvalue weighted by Gasteiger charge is -2.10. The molecule has 150 valence electrons. The van der Waals surface area contributed by atoms with Gasteiger partial charge in [-0.3, -0.25) is 9.59 Å². The lowest BCUT2D eigenvalue weighted by molar-refractivity contribution is -0.138. The van der Waals surface area contributed by atoms with Crippen LogP contribution in [0.4, 0.5) is 0 Å². The van der Waals surface area contributed by atoms with Gasteiger partial charge in [0.1, 0.15) is 11.5 Å². The molecule has 0 aromatic heterocycles. The molecule has 4 heteroatoms. The second kappa shape index (κ2) is 11.3. The number of carbonyl (C=O) groups is 2. The second-order valence-electron chi connectivity index (χ2n) is 7.06. The lowest BCUT2D eigenvalue weighted by atomic mass is 10.1. The molecule has 0 aliphatic rings. The van der Waals surface area contributed by atoms with Crippen molar-refractivity contribution < 1.29 is 19.1 Å². The summed E-state index contributed by atoms with van der Waals surface area (Å²) in [5.74, 6) is 0.597. The van der Waals surface area contributed by atoms with Gasteiger partial charge in [0.2, 0.25) is 0 Å². The minimum absolute atomic E-state index is 0.110. The summed E-state index contributed by atoms with van der Waals surface area (Å²) >= 11 is 0. The number of unbranched alkanes of at least 4 members (excludes halogenated alkanes) is 3. The summed E-state index contributed by atoms with van der Waals surface area (Å²) in [6.45, 7) is 5.96. The van der Waals surface area contributed by atoms with E-state index in [9.17, 15) is 9.59 Å². The molecule has 1 unspecified atom stereocenters. The molecule has 2 aromatic carbocycles. The van der Waals surface area contributed by atoms with Gasteiger partial charge in [-0.25, -0.2) is 0 Å². The zero-order valence-electron chi connectivity index (χ0n) is 17.1. The number of rotatable bonds is 10. The van der Waals surface area contributed by atoms with E-state index in [0.29, 0.717) is 17.9 Å². The number of carbonyl (C=O) groups excluding carboxylic acids is 2. The molecule has 0 aliphatic carbocycles. The van der Waals surface area contributed by atoms with Crippen LogP contribution in [0.3, 0.4) is 0 Å². The van der Waals surface area contributed by atoms with E-state index in [4.69, 9.17) is 9.47 Å². The van der Waals surface area contributed by atoms with Crippen LogP contribution >= 0.6 is 0 Å². The first kappa shape index (κ1) is 21.7. The Hall–Kier alpha value is -2.62. The molecule has 2 rings (SSSR count). The molecule has 0 fully saturated rings. The third-order valence-electron chi connectivity index (χ3n) is 4.74. The molecular formula is C24H30O4. The molecule has 0 saturated carbocycles. The minimum atomic E-state index is -0.212. The SMILES string of the molecule is CCCCCCC(=O)Oc1ccc(-c2ccc(OC(=O)C(C)CC)cc2)cc1. The second-order valence-corrected chi connectivity index (χ2v) is 7.06. The molecule has 0 spiro atoms. The van der Waals surface area contributed by atoms with Gasteiger partial charge in [-0.05, 0) is 48.2 Å². The van der Waals surface area contributed by atoms with Crippen molar-refractivity contribution in [1.29, 1.82) is 0 Å². The molecule has 0 bridgehead atoms. The summed E-state index contributed by atoms with van der Waals surface area (Å²) in [6, 6.07) is 14.8. The van der Waals surface area contributed by atoms with Gasteiger partial charge in [0.15, 0.2) is 0 Å². The smallest absolute Gasteiger partial charge is 0.314 e. The molecule has 4 nitrogen and oxygen atoms in total. The van der Waals surface area contributed by atoms with E-state index in [1.807, 2.05) is 38.1 Å². The maximum atomic E-state index is 11.9. The highest BCUT2D eigenvalue weighted by Gasteiger charge is 2.13. The summed E-state index contributed by atoms with van der Waals surface area (Å²) in [5.41, 5.74) is 2.00. The van der Waals surface area contributed by atoms with Crippen molar-refractivity contribution in [3.8, 4) is 22.6 Å². The molecule has 0 heterocycles. The molecule has 2 aromatic rings. The van der Waals surface area contributed by atoms with E-state index >= 15 is 0 Å². The average Bonchev–Trinajstić information content (AvgIpc) is 2.71. The van der Waals surface area contributed by atoms with Crippen molar-refractivity contribution in [1.82, 2.24) is 0 Å². The van der Waals surface area contributed by atoms with Gasteiger partial charge in [-0.1, -0.05) is 64.3 Å². The number of esters is 2. The van der Waals surface area contributed by atoms with Gasteiger partial charge in [0, 0.05) is 6.42 Å². The van der Waals surface area contributed by atoms with Crippen molar-refractivity contribution in [3.05, 3.63) is 48.5 Å². The van der Waals surface area contributed by atoms with Gasteiger partial charge < -0.3 is 9.47 Å². The Balaban J connectivity index is 1.90. The van der Waals surface area contributed by atoms with E-state index in [-0.39, 0.29) is 17.9 Å². The number of hydrogen-bond donors (Lipinski definition) is 0. The topological polar surface area (TPSA) is 52.6 Å². The Morgan fingerprint density at radius 1 is 0.786 bits per heavy atom. The summed E-state index contributed by atoms with van der Waals surface area (Å²) in [4.78, 5) is 23.7. The third-order valence-corrected chi connectivity index (χ3v) is 4.74. The summed E-state index contributed by atoms with van der Waals surface area (Å²) in [6.07, 6.45) is 5.45. The fourth-order valence-corrected chi connectivity index (χ4v) is 2.69. The van der Waals surface area contributed by atoms with Crippen LogP contribution in [0.2, 0.25) is 0 Å². The van der Waals surface area contributed by atoms with Gasteiger partial charge in [0.05, 0.1) is 5.92 Å². The molecule has 1 atom stereocenters. The summed E-state index contributed by atoms with van der Waals surface area (Å²) in [5, 5.41) is 0. The molecule has 0 amide bonds. The maximum Gasteiger partial charge on any atom is 0.314 e. The van der Waals surface area contributed by atoms with Crippen LogP contribution < -0.4 is 9.47 Å². The standard InChI is InChI=1S/C24H30O4/c1-4-6-7-8-9-23(25)27-21-14-10-19(11-15-21)20-12-16-22(17-13-20)28-24(26)18(3)5-2/h10-18H,4-9H2,1-3H3. The predicted molar refractivity (Wildman–Crippen MR) is 111 cm³/mol. The first-order chi connectivity index (χ1) is 13.5. The minimum Gasteiger partial charge on any atom is -0.427 e. The molecule has 0 radical (unpaired) electrons. The molecule has 28 heavy (non-hydrogen) atoms.